The van der Waals surface area contributed by atoms with Crippen molar-refractivity contribution >= 4 is 39.1 Å². The van der Waals surface area contributed by atoms with Crippen molar-refractivity contribution in [1.29, 1.82) is 5.26 Å². The molecule has 1 aliphatic rings. The average Bonchev–Trinajstić information content (AvgIpc) is 2.74. The first kappa shape index (κ1) is 21.4. The predicted octanol–water partition coefficient (Wildman–Crippen LogP) is 2.78. The molecule has 0 aromatic heterocycles. The van der Waals surface area contributed by atoms with E-state index in [4.69, 9.17) is 33.2 Å². The molecule has 2 aromatic carbocycles. The Labute approximate surface area is 179 Å². The number of rotatable bonds is 5. The van der Waals surface area contributed by atoms with E-state index in [1.54, 1.807) is 30.3 Å². The quantitative estimate of drug-likeness (QED) is 0.693. The number of benzene rings is 2. The van der Waals surface area contributed by atoms with Crippen molar-refractivity contribution < 1.29 is 17.9 Å². The van der Waals surface area contributed by atoms with E-state index in [-0.39, 0.29) is 54.2 Å². The Kier molecular flexibility index (Phi) is 6.65. The van der Waals surface area contributed by atoms with Crippen LogP contribution in [0, 0.1) is 11.3 Å². The van der Waals surface area contributed by atoms with E-state index >= 15 is 0 Å². The van der Waals surface area contributed by atoms with Crippen LogP contribution in [-0.2, 0) is 14.8 Å². The topological polar surface area (TPSA) is 90.7 Å². The maximum absolute atomic E-state index is 12.8. The number of piperazine rings is 1. The molecular formula is C19H17Cl2N3O4S. The number of ether oxygens (including phenoxy) is 1. The summed E-state index contributed by atoms with van der Waals surface area (Å²) in [6.07, 6.45) is 0. The third-order valence-corrected chi connectivity index (χ3v) is 7.24. The minimum atomic E-state index is -3.81. The van der Waals surface area contributed by atoms with Crippen LogP contribution in [0.15, 0.2) is 47.4 Å². The Hall–Kier alpha value is -2.31. The second kappa shape index (κ2) is 9.01. The third-order valence-electron chi connectivity index (χ3n) is 4.48. The predicted molar refractivity (Wildman–Crippen MR) is 108 cm³/mol. The van der Waals surface area contributed by atoms with E-state index in [1.165, 1.54) is 21.3 Å². The number of sulfonamides is 1. The van der Waals surface area contributed by atoms with Crippen LogP contribution >= 0.6 is 23.2 Å². The first-order chi connectivity index (χ1) is 13.8. The molecule has 1 saturated heterocycles. The molecule has 29 heavy (non-hydrogen) atoms. The lowest BCUT2D eigenvalue weighted by Gasteiger charge is -2.34. The number of carbonyl (C=O) groups excluding carboxylic acids is 1. The van der Waals surface area contributed by atoms with Gasteiger partial charge in [-0.15, -0.1) is 0 Å². The SMILES string of the molecule is N#Cc1ccccc1S(=O)(=O)N1CCN(C(=O)COc2cccc(Cl)c2Cl)CC1. The summed E-state index contributed by atoms with van der Waals surface area (Å²) in [5.41, 5.74) is 0.0952. The van der Waals surface area contributed by atoms with Crippen molar-refractivity contribution in [2.75, 3.05) is 32.8 Å². The fourth-order valence-corrected chi connectivity index (χ4v) is 4.84. The smallest absolute Gasteiger partial charge is 0.260 e. The number of hydrogen-bond acceptors (Lipinski definition) is 5. The summed E-state index contributed by atoms with van der Waals surface area (Å²) in [5, 5.41) is 9.72. The van der Waals surface area contributed by atoms with Crippen LogP contribution in [0.25, 0.3) is 0 Å². The highest BCUT2D eigenvalue weighted by Gasteiger charge is 2.31. The molecule has 0 saturated carbocycles. The van der Waals surface area contributed by atoms with Gasteiger partial charge in [-0.25, -0.2) is 8.42 Å². The van der Waals surface area contributed by atoms with Crippen LogP contribution in [0.2, 0.25) is 10.0 Å². The lowest BCUT2D eigenvalue weighted by molar-refractivity contribution is -0.134. The third kappa shape index (κ3) is 4.65. The molecule has 3 rings (SSSR count). The molecule has 0 radical (unpaired) electrons. The number of hydrogen-bond donors (Lipinski definition) is 0. The monoisotopic (exact) mass is 453 g/mol. The average molecular weight is 454 g/mol. The summed E-state index contributed by atoms with van der Waals surface area (Å²) in [5.74, 6) is 0.0253. The maximum atomic E-state index is 12.8. The lowest BCUT2D eigenvalue weighted by atomic mass is 10.2. The number of halogens is 2. The minimum Gasteiger partial charge on any atom is -0.482 e. The summed E-state index contributed by atoms with van der Waals surface area (Å²) in [6.45, 7) is 0.473. The molecule has 10 heteroatoms. The second-order valence-corrected chi connectivity index (χ2v) is 8.92. The number of nitriles is 1. The Bertz CT molecular complexity index is 1060. The Morgan fingerprint density at radius 1 is 1.07 bits per heavy atom. The molecule has 0 unspecified atom stereocenters. The van der Waals surface area contributed by atoms with Gasteiger partial charge in [-0.3, -0.25) is 4.79 Å². The molecule has 1 aliphatic heterocycles. The van der Waals surface area contributed by atoms with Gasteiger partial charge in [0.2, 0.25) is 10.0 Å². The molecule has 0 bridgehead atoms. The molecule has 0 spiro atoms. The zero-order chi connectivity index (χ0) is 21.0. The number of nitrogens with zero attached hydrogens (tertiary/aromatic N) is 3. The van der Waals surface area contributed by atoms with Crippen LogP contribution in [0.1, 0.15) is 5.56 Å². The van der Waals surface area contributed by atoms with Crippen molar-refractivity contribution in [2.24, 2.45) is 0 Å². The van der Waals surface area contributed by atoms with Gasteiger partial charge in [0.05, 0.1) is 15.5 Å². The lowest BCUT2D eigenvalue weighted by Crippen LogP contribution is -2.51. The van der Waals surface area contributed by atoms with Crippen molar-refractivity contribution in [3.8, 4) is 11.8 Å². The van der Waals surface area contributed by atoms with Crippen LogP contribution in [-0.4, -0.2) is 56.3 Å². The molecule has 152 valence electrons. The normalized spacial score (nSPS) is 15.0. The van der Waals surface area contributed by atoms with Gasteiger partial charge in [0.15, 0.2) is 6.61 Å². The van der Waals surface area contributed by atoms with Gasteiger partial charge in [-0.1, -0.05) is 41.4 Å². The van der Waals surface area contributed by atoms with E-state index < -0.39 is 10.0 Å². The van der Waals surface area contributed by atoms with Gasteiger partial charge in [-0.05, 0) is 24.3 Å². The van der Waals surface area contributed by atoms with Crippen molar-refractivity contribution in [3.05, 3.63) is 58.1 Å². The fraction of sp³-hybridized carbons (Fsp3) is 0.263. The van der Waals surface area contributed by atoms with Gasteiger partial charge >= 0.3 is 0 Å². The van der Waals surface area contributed by atoms with Crippen LogP contribution in [0.5, 0.6) is 5.75 Å². The molecule has 7 nitrogen and oxygen atoms in total. The summed E-state index contributed by atoms with van der Waals surface area (Å²) in [7, 11) is -3.81. The number of amides is 1. The highest BCUT2D eigenvalue weighted by molar-refractivity contribution is 7.89. The molecule has 2 aromatic rings. The van der Waals surface area contributed by atoms with Gasteiger partial charge in [0.25, 0.3) is 5.91 Å². The zero-order valence-corrected chi connectivity index (χ0v) is 17.5. The Morgan fingerprint density at radius 2 is 1.76 bits per heavy atom. The van der Waals surface area contributed by atoms with E-state index in [1.807, 2.05) is 6.07 Å². The van der Waals surface area contributed by atoms with Gasteiger partial charge in [0.1, 0.15) is 16.8 Å². The molecule has 0 aliphatic carbocycles. The van der Waals surface area contributed by atoms with E-state index in [0.717, 1.165) is 0 Å². The summed E-state index contributed by atoms with van der Waals surface area (Å²) >= 11 is 12.0. The molecule has 1 fully saturated rings. The van der Waals surface area contributed by atoms with Gasteiger partial charge in [0, 0.05) is 26.2 Å². The van der Waals surface area contributed by atoms with E-state index in [9.17, 15) is 13.2 Å². The zero-order valence-electron chi connectivity index (χ0n) is 15.2. The van der Waals surface area contributed by atoms with Crippen LogP contribution < -0.4 is 4.74 Å². The van der Waals surface area contributed by atoms with E-state index in [2.05, 4.69) is 0 Å². The highest BCUT2D eigenvalue weighted by Crippen LogP contribution is 2.31. The Morgan fingerprint density at radius 3 is 2.45 bits per heavy atom. The van der Waals surface area contributed by atoms with Crippen molar-refractivity contribution in [3.63, 3.8) is 0 Å². The van der Waals surface area contributed by atoms with E-state index in [0.29, 0.717) is 10.8 Å². The summed E-state index contributed by atoms with van der Waals surface area (Å²) in [6, 6.07) is 12.8. The van der Waals surface area contributed by atoms with Crippen molar-refractivity contribution in [2.45, 2.75) is 4.90 Å². The highest BCUT2D eigenvalue weighted by atomic mass is 35.5. The Balaban J connectivity index is 1.60. The van der Waals surface area contributed by atoms with Crippen molar-refractivity contribution in [1.82, 2.24) is 9.21 Å². The molecule has 1 amide bonds. The minimum absolute atomic E-state index is 0.0267. The van der Waals surface area contributed by atoms with Gasteiger partial charge in [-0.2, -0.15) is 9.57 Å². The largest absolute Gasteiger partial charge is 0.482 e. The molecule has 0 atom stereocenters. The first-order valence-electron chi connectivity index (χ1n) is 8.68. The summed E-state index contributed by atoms with van der Waals surface area (Å²) in [4.78, 5) is 13.9. The summed E-state index contributed by atoms with van der Waals surface area (Å²) < 4.78 is 32.4. The standard InChI is InChI=1S/C19H17Cl2N3O4S/c20-15-5-3-6-16(19(15)21)28-13-18(25)23-8-10-24(11-9-23)29(26,27)17-7-2-1-4-14(17)12-22/h1-7H,8-11,13H2. The first-order valence-corrected chi connectivity index (χ1v) is 10.9. The molecule has 0 N–H and O–H groups in total. The maximum Gasteiger partial charge on any atom is 0.260 e. The van der Waals surface area contributed by atoms with Crippen LogP contribution in [0.4, 0.5) is 0 Å². The second-order valence-electron chi connectivity index (χ2n) is 6.23. The van der Waals surface area contributed by atoms with Gasteiger partial charge < -0.3 is 9.64 Å². The van der Waals surface area contributed by atoms with Crippen LogP contribution in [0.3, 0.4) is 0 Å². The fourth-order valence-electron chi connectivity index (χ4n) is 2.93. The molecule has 1 heterocycles. The molecular weight excluding hydrogens is 437 g/mol. The number of carbonyl (C=O) groups is 1.